The number of methoxy groups -OCH3 is 6. The molecule has 1 unspecified atom stereocenters. The summed E-state index contributed by atoms with van der Waals surface area (Å²) in [4.78, 5) is 13.3. The van der Waals surface area contributed by atoms with Crippen LogP contribution < -0.4 is 28.4 Å². The molecule has 3 aromatic rings. The number of allylic oxidation sites excluding steroid dienone is 3. The molecule has 1 amide bonds. The molecule has 0 bridgehead atoms. The summed E-state index contributed by atoms with van der Waals surface area (Å²) in [5.41, 5.74) is 7.92. The first-order chi connectivity index (χ1) is 35.3. The van der Waals surface area contributed by atoms with E-state index in [-0.39, 0.29) is 24.3 Å². The van der Waals surface area contributed by atoms with E-state index in [2.05, 4.69) is 79.7 Å². The maximum absolute atomic E-state index is 11.6. The molecule has 3 rings (SSSR count). The van der Waals surface area contributed by atoms with Gasteiger partial charge in [0.05, 0.1) is 41.2 Å². The lowest BCUT2D eigenvalue weighted by atomic mass is 9.90. The van der Waals surface area contributed by atoms with Crippen molar-refractivity contribution in [3.8, 4) is 34.5 Å². The number of nitrogens with zero attached hydrogens (tertiary/aromatic N) is 1. The first kappa shape index (κ1) is 69.5. The number of carbonyl (C=O) groups is 1. The van der Waals surface area contributed by atoms with Crippen molar-refractivity contribution < 1.29 is 52.5 Å². The molecule has 422 valence electrons. The van der Waals surface area contributed by atoms with Crippen molar-refractivity contribution >= 4 is 17.5 Å². The van der Waals surface area contributed by atoms with Crippen molar-refractivity contribution in [3.63, 3.8) is 0 Å². The fourth-order valence-electron chi connectivity index (χ4n) is 7.11. The third-order valence-corrected chi connectivity index (χ3v) is 12.8. The van der Waals surface area contributed by atoms with Gasteiger partial charge in [-0.15, -0.1) is 0 Å². The summed E-state index contributed by atoms with van der Waals surface area (Å²) in [6.07, 6.45) is 7.99. The van der Waals surface area contributed by atoms with Crippen LogP contribution in [-0.4, -0.2) is 119 Å². The summed E-state index contributed by atoms with van der Waals surface area (Å²) in [6.45, 7) is 25.8. The second kappa shape index (κ2) is 41.7. The monoisotopic (exact) mass is 1060 g/mol. The Hall–Kier alpha value is -4.46. The van der Waals surface area contributed by atoms with Crippen LogP contribution in [0.3, 0.4) is 0 Å². The molecule has 3 aromatic carbocycles. The third-order valence-electron chi connectivity index (χ3n) is 12.7. The van der Waals surface area contributed by atoms with E-state index in [4.69, 9.17) is 54.2 Å². The smallest absolute Gasteiger partial charge is 0.225 e. The Morgan fingerprint density at radius 1 is 0.568 bits per heavy atom. The lowest BCUT2D eigenvalue weighted by Crippen LogP contribution is -2.32. The largest absolute Gasteiger partial charge is 0.493 e. The summed E-state index contributed by atoms with van der Waals surface area (Å²) in [5, 5.41) is 9.46. The summed E-state index contributed by atoms with van der Waals surface area (Å²) >= 11 is 5.43. The third kappa shape index (κ3) is 29.6. The van der Waals surface area contributed by atoms with E-state index >= 15 is 0 Å². The molecule has 0 aliphatic heterocycles. The van der Waals surface area contributed by atoms with E-state index in [1.54, 1.807) is 61.7 Å². The van der Waals surface area contributed by atoms with Crippen LogP contribution >= 0.6 is 11.6 Å². The van der Waals surface area contributed by atoms with E-state index in [0.717, 1.165) is 85.0 Å². The lowest BCUT2D eigenvalue weighted by Gasteiger charge is -2.22. The van der Waals surface area contributed by atoms with Gasteiger partial charge >= 0.3 is 0 Å². The van der Waals surface area contributed by atoms with Crippen LogP contribution in [0.25, 0.3) is 0 Å². The zero-order chi connectivity index (χ0) is 56.0. The van der Waals surface area contributed by atoms with E-state index in [1.165, 1.54) is 27.8 Å². The van der Waals surface area contributed by atoms with Gasteiger partial charge in [0.1, 0.15) is 0 Å². The number of hydrogen-bond donors (Lipinski definition) is 1. The molecule has 0 saturated heterocycles. The van der Waals surface area contributed by atoms with Gasteiger partial charge in [-0.1, -0.05) is 95.5 Å². The van der Waals surface area contributed by atoms with Crippen LogP contribution in [0.15, 0.2) is 77.4 Å². The van der Waals surface area contributed by atoms with Gasteiger partial charge in [-0.25, -0.2) is 0 Å². The molecule has 0 heterocycles. The maximum atomic E-state index is 11.6. The standard InChI is InChI=1S/C17H28O4.C17H28O3.C17H26O3.C10H18ClNO/c1-13(2)15(12-18)10-14-6-7-16(20-4)17(11-14)21-9-5-8-19-3;2*1-13(2)14(3)11-15-7-8-16(19-5)17(12-15)20-10-6-9-18-4;1-8(2)9(6-5-7-11)10(13)12(3)4/h6-7,11,13,15,18H,5,8-10,12H2,1-4H3;7-8,12-14H,6,9-11H2,1-5H3;7-8,12H,6,9-11H2,1-5H3;5,7-9H,6H2,1-4H3/b;;;7-5+/t15-;14-;;/m01../s1. The quantitative estimate of drug-likeness (QED) is 0.0489. The van der Waals surface area contributed by atoms with Gasteiger partial charge in [0.2, 0.25) is 5.91 Å². The Bertz CT molecular complexity index is 1980. The minimum absolute atomic E-state index is 0.0463. The number of aliphatic hydroxyl groups is 1. The highest BCUT2D eigenvalue weighted by molar-refractivity contribution is 6.25. The van der Waals surface area contributed by atoms with E-state index < -0.39 is 0 Å². The molecule has 13 heteroatoms. The zero-order valence-corrected chi connectivity index (χ0v) is 49.8. The van der Waals surface area contributed by atoms with Gasteiger partial charge in [0, 0.05) is 92.6 Å². The summed E-state index contributed by atoms with van der Waals surface area (Å²) in [6, 6.07) is 18.3. The fourth-order valence-corrected chi connectivity index (χ4v) is 7.22. The Kier molecular flexibility index (Phi) is 39.2. The summed E-state index contributed by atoms with van der Waals surface area (Å²) in [7, 11) is 13.6. The average Bonchev–Trinajstić information content (AvgIpc) is 3.37. The molecule has 74 heavy (non-hydrogen) atoms. The molecular weight excluding hydrogens is 958 g/mol. The highest BCUT2D eigenvalue weighted by atomic mass is 35.5. The lowest BCUT2D eigenvalue weighted by molar-refractivity contribution is -0.134. The molecule has 1 N–H and O–H groups in total. The van der Waals surface area contributed by atoms with Gasteiger partial charge in [-0.3, -0.25) is 4.79 Å². The van der Waals surface area contributed by atoms with Crippen LogP contribution in [0.1, 0.15) is 112 Å². The van der Waals surface area contributed by atoms with E-state index in [1.807, 2.05) is 50.3 Å². The minimum Gasteiger partial charge on any atom is -0.493 e. The van der Waals surface area contributed by atoms with Crippen LogP contribution in [0.2, 0.25) is 0 Å². The summed E-state index contributed by atoms with van der Waals surface area (Å²) < 4.78 is 48.5. The number of amides is 1. The van der Waals surface area contributed by atoms with Crippen molar-refractivity contribution in [2.24, 2.45) is 35.5 Å². The van der Waals surface area contributed by atoms with Crippen LogP contribution in [-0.2, 0) is 38.3 Å². The molecule has 0 aromatic heterocycles. The molecular formula is C61H100ClNO11. The second-order valence-corrected chi connectivity index (χ2v) is 20.2. The van der Waals surface area contributed by atoms with Crippen molar-refractivity contribution in [1.82, 2.24) is 4.90 Å². The predicted octanol–water partition coefficient (Wildman–Crippen LogP) is 13.4. The number of benzene rings is 3. The van der Waals surface area contributed by atoms with Gasteiger partial charge < -0.3 is 52.6 Å². The normalized spacial score (nSPS) is 12.1. The Morgan fingerprint density at radius 3 is 1.30 bits per heavy atom. The first-order valence-electron chi connectivity index (χ1n) is 26.3. The zero-order valence-electron chi connectivity index (χ0n) is 49.1. The predicted molar refractivity (Wildman–Crippen MR) is 306 cm³/mol. The van der Waals surface area contributed by atoms with Crippen LogP contribution in [0.5, 0.6) is 34.5 Å². The van der Waals surface area contributed by atoms with Crippen LogP contribution in [0.4, 0.5) is 0 Å². The molecule has 0 fully saturated rings. The van der Waals surface area contributed by atoms with Crippen LogP contribution in [0, 0.1) is 35.5 Å². The number of ether oxygens (including phenoxy) is 9. The van der Waals surface area contributed by atoms with Crippen molar-refractivity contribution in [1.29, 1.82) is 0 Å². The summed E-state index contributed by atoms with van der Waals surface area (Å²) in [5.74, 6) is 7.32. The van der Waals surface area contributed by atoms with Gasteiger partial charge in [0.15, 0.2) is 34.5 Å². The molecule has 3 atom stereocenters. The second-order valence-electron chi connectivity index (χ2n) is 20.0. The van der Waals surface area contributed by atoms with Gasteiger partial charge in [-0.2, -0.15) is 0 Å². The Morgan fingerprint density at radius 2 is 0.973 bits per heavy atom. The van der Waals surface area contributed by atoms with E-state index in [0.29, 0.717) is 63.3 Å². The highest BCUT2D eigenvalue weighted by Crippen LogP contribution is 2.32. The molecule has 0 spiro atoms. The number of halogens is 1. The molecule has 0 saturated carbocycles. The first-order valence-corrected chi connectivity index (χ1v) is 26.8. The van der Waals surface area contributed by atoms with Crippen molar-refractivity contribution in [2.75, 3.05) is 103 Å². The topological polar surface area (TPSA) is 124 Å². The Balaban J connectivity index is 0.000000974. The molecule has 0 aliphatic rings. The molecule has 0 radical (unpaired) electrons. The maximum Gasteiger partial charge on any atom is 0.225 e. The fraction of sp³-hybridized carbons (Fsp3) is 0.623. The number of hydrogen-bond acceptors (Lipinski definition) is 11. The highest BCUT2D eigenvalue weighted by Gasteiger charge is 2.22. The molecule has 12 nitrogen and oxygen atoms in total. The molecule has 0 aliphatic carbocycles. The van der Waals surface area contributed by atoms with E-state index in [9.17, 15) is 9.90 Å². The number of aliphatic hydroxyl groups excluding tert-OH is 1. The van der Waals surface area contributed by atoms with Gasteiger partial charge in [-0.05, 0) is 129 Å². The SMILES string of the molecule is CC(C)C(C/C=C/Cl)C(=O)N(C)C.COCCCOc1cc(CC(C)=C(C)C)ccc1OC.COCCCOc1cc(C[C@@H](C)C(C)C)ccc1OC.COCCCOc1cc(C[C@@H](CO)C(C)C)ccc1OC. The number of rotatable bonds is 31. The number of carbonyl (C=O) groups excluding carboxylic acids is 1. The average molecular weight is 1060 g/mol. The van der Waals surface area contributed by atoms with Crippen molar-refractivity contribution in [3.05, 3.63) is 94.0 Å². The Labute approximate surface area is 454 Å². The minimum atomic E-state index is 0.0463. The van der Waals surface area contributed by atoms with Crippen molar-refractivity contribution in [2.45, 2.75) is 114 Å². The van der Waals surface area contributed by atoms with Gasteiger partial charge in [0.25, 0.3) is 0 Å².